The molecule has 25 heavy (non-hydrogen) atoms. The van der Waals surface area contributed by atoms with Gasteiger partial charge in [0, 0.05) is 32.4 Å². The Morgan fingerprint density at radius 1 is 1.36 bits per heavy atom. The lowest BCUT2D eigenvalue weighted by atomic mass is 10.2. The number of anilines is 1. The second kappa shape index (κ2) is 10.0. The summed E-state index contributed by atoms with van der Waals surface area (Å²) in [7, 11) is 5.49. The molecule has 0 aromatic heterocycles. The number of benzene rings is 1. The van der Waals surface area contributed by atoms with E-state index in [4.69, 9.17) is 4.74 Å². The van der Waals surface area contributed by atoms with Crippen LogP contribution in [0.2, 0.25) is 0 Å². The van der Waals surface area contributed by atoms with Gasteiger partial charge >= 0.3 is 0 Å². The Balaban J connectivity index is 1.80. The van der Waals surface area contributed by atoms with E-state index in [1.165, 1.54) is 0 Å². The van der Waals surface area contributed by atoms with E-state index in [9.17, 15) is 4.79 Å². The average Bonchev–Trinajstić information content (AvgIpc) is 3.08. The topological polar surface area (TPSA) is 78.0 Å². The van der Waals surface area contributed by atoms with Crippen LogP contribution in [0.4, 0.5) is 5.69 Å². The third kappa shape index (κ3) is 7.11. The molecule has 1 atom stereocenters. The van der Waals surface area contributed by atoms with Crippen LogP contribution in [-0.2, 0) is 16.1 Å². The van der Waals surface area contributed by atoms with Crippen LogP contribution >= 0.6 is 0 Å². The molecule has 0 bridgehead atoms. The molecular weight excluding hydrogens is 318 g/mol. The van der Waals surface area contributed by atoms with Gasteiger partial charge in [-0.15, -0.1) is 0 Å². The zero-order valence-corrected chi connectivity index (χ0v) is 15.3. The second-order valence-corrected chi connectivity index (χ2v) is 6.43. The molecule has 1 unspecified atom stereocenters. The summed E-state index contributed by atoms with van der Waals surface area (Å²) >= 11 is 0. The van der Waals surface area contributed by atoms with Crippen LogP contribution in [0, 0.1) is 0 Å². The third-order valence-electron chi connectivity index (χ3n) is 3.88. The van der Waals surface area contributed by atoms with Gasteiger partial charge in [0.25, 0.3) is 0 Å². The van der Waals surface area contributed by atoms with E-state index in [1.807, 2.05) is 43.3 Å². The Kier molecular flexibility index (Phi) is 7.69. The lowest BCUT2D eigenvalue weighted by Crippen LogP contribution is -2.40. The average molecular weight is 347 g/mol. The first kappa shape index (κ1) is 19.2. The SMILES string of the molecule is CN=C(NCc1cccc(NC(=O)CN(C)C)c1)NCC1CCCO1. The highest BCUT2D eigenvalue weighted by Crippen LogP contribution is 2.11. The summed E-state index contributed by atoms with van der Waals surface area (Å²) in [4.78, 5) is 17.9. The Morgan fingerprint density at radius 2 is 2.20 bits per heavy atom. The zero-order valence-electron chi connectivity index (χ0n) is 15.3. The fourth-order valence-electron chi connectivity index (χ4n) is 2.67. The molecule has 2 rings (SSSR count). The van der Waals surface area contributed by atoms with E-state index in [2.05, 4.69) is 20.9 Å². The van der Waals surface area contributed by atoms with Gasteiger partial charge in [-0.1, -0.05) is 12.1 Å². The van der Waals surface area contributed by atoms with E-state index in [-0.39, 0.29) is 12.0 Å². The highest BCUT2D eigenvalue weighted by molar-refractivity contribution is 5.92. The lowest BCUT2D eigenvalue weighted by molar-refractivity contribution is -0.116. The number of carbonyl (C=O) groups excluding carboxylic acids is 1. The van der Waals surface area contributed by atoms with Gasteiger partial charge in [0.2, 0.25) is 5.91 Å². The second-order valence-electron chi connectivity index (χ2n) is 6.43. The van der Waals surface area contributed by atoms with Crippen molar-refractivity contribution < 1.29 is 9.53 Å². The molecule has 1 aromatic rings. The number of hydrogen-bond donors (Lipinski definition) is 3. The first-order valence-corrected chi connectivity index (χ1v) is 8.66. The van der Waals surface area contributed by atoms with Gasteiger partial charge in [-0.3, -0.25) is 9.79 Å². The molecule has 138 valence electrons. The van der Waals surface area contributed by atoms with E-state index < -0.39 is 0 Å². The van der Waals surface area contributed by atoms with Crippen molar-refractivity contribution in [2.75, 3.05) is 46.2 Å². The Bertz CT molecular complexity index is 583. The van der Waals surface area contributed by atoms with Gasteiger partial charge in [-0.05, 0) is 44.6 Å². The van der Waals surface area contributed by atoms with Crippen molar-refractivity contribution in [3.05, 3.63) is 29.8 Å². The first-order valence-electron chi connectivity index (χ1n) is 8.66. The molecule has 0 saturated carbocycles. The predicted octanol–water partition coefficient (Wildman–Crippen LogP) is 1.03. The number of nitrogens with one attached hydrogen (secondary N) is 3. The molecule has 1 fully saturated rings. The molecule has 7 nitrogen and oxygen atoms in total. The minimum Gasteiger partial charge on any atom is -0.376 e. The fourth-order valence-corrected chi connectivity index (χ4v) is 2.67. The maximum absolute atomic E-state index is 11.8. The number of carbonyl (C=O) groups is 1. The normalized spacial score (nSPS) is 17.6. The first-order chi connectivity index (χ1) is 12.1. The standard InChI is InChI=1S/C18H29N5O2/c1-19-18(21-12-16-8-5-9-25-16)20-11-14-6-4-7-15(10-14)22-17(24)13-23(2)3/h4,6-7,10,16H,5,8-9,11-13H2,1-3H3,(H,22,24)(H2,19,20,21). The molecule has 7 heteroatoms. The molecule has 1 saturated heterocycles. The fraction of sp³-hybridized carbons (Fsp3) is 0.556. The minimum absolute atomic E-state index is 0.0239. The quantitative estimate of drug-likeness (QED) is 0.507. The number of rotatable bonds is 7. The third-order valence-corrected chi connectivity index (χ3v) is 3.88. The summed E-state index contributed by atoms with van der Waals surface area (Å²) in [6.45, 7) is 2.61. The molecule has 1 aliphatic heterocycles. The number of likely N-dealkylation sites (N-methyl/N-ethyl adjacent to an activating group) is 1. The van der Waals surface area contributed by atoms with Crippen LogP contribution in [0.5, 0.6) is 0 Å². The van der Waals surface area contributed by atoms with Gasteiger partial charge < -0.3 is 25.6 Å². The molecule has 1 aromatic carbocycles. The van der Waals surface area contributed by atoms with Crippen molar-refractivity contribution in [1.82, 2.24) is 15.5 Å². The van der Waals surface area contributed by atoms with Crippen LogP contribution in [0.3, 0.4) is 0 Å². The van der Waals surface area contributed by atoms with Crippen molar-refractivity contribution >= 4 is 17.6 Å². The molecule has 1 heterocycles. The summed E-state index contributed by atoms with van der Waals surface area (Å²) in [6, 6.07) is 7.81. The number of amides is 1. The van der Waals surface area contributed by atoms with Gasteiger partial charge in [0.1, 0.15) is 0 Å². The van der Waals surface area contributed by atoms with E-state index in [0.29, 0.717) is 13.1 Å². The van der Waals surface area contributed by atoms with Crippen LogP contribution in [-0.4, -0.2) is 63.7 Å². The zero-order chi connectivity index (χ0) is 18.1. The van der Waals surface area contributed by atoms with Gasteiger partial charge in [-0.25, -0.2) is 0 Å². The summed E-state index contributed by atoms with van der Waals surface area (Å²) < 4.78 is 5.60. The Labute approximate surface area is 149 Å². The minimum atomic E-state index is -0.0239. The van der Waals surface area contributed by atoms with Crippen molar-refractivity contribution in [3.8, 4) is 0 Å². The van der Waals surface area contributed by atoms with Crippen molar-refractivity contribution in [1.29, 1.82) is 0 Å². The van der Waals surface area contributed by atoms with Crippen molar-refractivity contribution in [3.63, 3.8) is 0 Å². The molecule has 0 spiro atoms. The number of guanidine groups is 1. The molecular formula is C18H29N5O2. The number of ether oxygens (including phenoxy) is 1. The molecule has 3 N–H and O–H groups in total. The summed E-state index contributed by atoms with van der Waals surface area (Å²) in [5, 5.41) is 9.48. The largest absolute Gasteiger partial charge is 0.376 e. The number of nitrogens with zero attached hydrogens (tertiary/aromatic N) is 2. The molecule has 1 amide bonds. The molecule has 0 radical (unpaired) electrons. The van der Waals surface area contributed by atoms with E-state index in [1.54, 1.807) is 7.05 Å². The van der Waals surface area contributed by atoms with Gasteiger partial charge in [-0.2, -0.15) is 0 Å². The molecule has 1 aliphatic rings. The van der Waals surface area contributed by atoms with Gasteiger partial charge in [0.05, 0.1) is 12.6 Å². The monoisotopic (exact) mass is 347 g/mol. The van der Waals surface area contributed by atoms with Crippen molar-refractivity contribution in [2.24, 2.45) is 4.99 Å². The lowest BCUT2D eigenvalue weighted by Gasteiger charge is -2.15. The predicted molar refractivity (Wildman–Crippen MR) is 101 cm³/mol. The maximum Gasteiger partial charge on any atom is 0.238 e. The molecule has 0 aliphatic carbocycles. The van der Waals surface area contributed by atoms with Crippen molar-refractivity contribution in [2.45, 2.75) is 25.5 Å². The highest BCUT2D eigenvalue weighted by atomic mass is 16.5. The van der Waals surface area contributed by atoms with E-state index >= 15 is 0 Å². The maximum atomic E-state index is 11.8. The van der Waals surface area contributed by atoms with Crippen LogP contribution in [0.1, 0.15) is 18.4 Å². The Morgan fingerprint density at radius 3 is 2.88 bits per heavy atom. The summed E-state index contributed by atoms with van der Waals surface area (Å²) in [5.41, 5.74) is 1.87. The summed E-state index contributed by atoms with van der Waals surface area (Å²) in [6.07, 6.45) is 2.50. The van der Waals surface area contributed by atoms with E-state index in [0.717, 1.165) is 43.2 Å². The number of aliphatic imine (C=N–C) groups is 1. The highest BCUT2D eigenvalue weighted by Gasteiger charge is 2.15. The smallest absolute Gasteiger partial charge is 0.238 e. The summed E-state index contributed by atoms with van der Waals surface area (Å²) in [5.74, 6) is 0.724. The van der Waals surface area contributed by atoms with Crippen LogP contribution in [0.15, 0.2) is 29.3 Å². The number of hydrogen-bond acceptors (Lipinski definition) is 4. The van der Waals surface area contributed by atoms with Gasteiger partial charge in [0.15, 0.2) is 5.96 Å². The van der Waals surface area contributed by atoms with Crippen LogP contribution < -0.4 is 16.0 Å². The Hall–Kier alpha value is -2.12. The van der Waals surface area contributed by atoms with Crippen LogP contribution in [0.25, 0.3) is 0 Å².